The summed E-state index contributed by atoms with van der Waals surface area (Å²) in [5.41, 5.74) is 0.395. The normalized spacial score (nSPS) is 11.2. The van der Waals surface area contributed by atoms with Crippen molar-refractivity contribution >= 4 is 38.7 Å². The van der Waals surface area contributed by atoms with Crippen LogP contribution in [-0.2, 0) is 9.84 Å². The van der Waals surface area contributed by atoms with Gasteiger partial charge in [-0.2, -0.15) is 0 Å². The van der Waals surface area contributed by atoms with E-state index in [4.69, 9.17) is 11.6 Å². The second-order valence-corrected chi connectivity index (χ2v) is 8.85. The summed E-state index contributed by atoms with van der Waals surface area (Å²) in [5.74, 6) is -1.32. The Labute approximate surface area is 176 Å². The van der Waals surface area contributed by atoms with Crippen molar-refractivity contribution < 1.29 is 22.5 Å². The lowest BCUT2D eigenvalue weighted by Crippen LogP contribution is -2.14. The first-order chi connectivity index (χ1) is 14.0. The Morgan fingerprint density at radius 3 is 2.33 bits per heavy atom. The Kier molecular flexibility index (Phi) is 5.86. The number of carbonyl (C=O) groups excluding carboxylic acids is 1. The standard InChI is InChI=1S/C20H14ClFN2O5S/c1-30(28,29)17-9-13(8-16(11-17)24(26)27)20(25)23-19-7-6-15(22)10-18(19)12-2-4-14(21)5-3-12/h2-11H,1H3,(H,23,25). The molecule has 3 aromatic carbocycles. The number of sulfone groups is 1. The van der Waals surface area contributed by atoms with Gasteiger partial charge in [-0.3, -0.25) is 14.9 Å². The summed E-state index contributed by atoms with van der Waals surface area (Å²) >= 11 is 5.88. The summed E-state index contributed by atoms with van der Waals surface area (Å²) in [4.78, 5) is 22.7. The molecule has 0 bridgehead atoms. The van der Waals surface area contributed by atoms with Crippen molar-refractivity contribution in [2.45, 2.75) is 4.90 Å². The highest BCUT2D eigenvalue weighted by molar-refractivity contribution is 7.90. The minimum absolute atomic E-state index is 0.226. The van der Waals surface area contributed by atoms with Crippen LogP contribution >= 0.6 is 11.6 Å². The van der Waals surface area contributed by atoms with Gasteiger partial charge in [0, 0.05) is 40.2 Å². The maximum atomic E-state index is 13.8. The van der Waals surface area contributed by atoms with Crippen molar-refractivity contribution in [2.24, 2.45) is 0 Å². The number of rotatable bonds is 5. The van der Waals surface area contributed by atoms with E-state index in [0.717, 1.165) is 30.5 Å². The topological polar surface area (TPSA) is 106 Å². The number of nitrogens with zero attached hydrogens (tertiary/aromatic N) is 1. The number of nitrogens with one attached hydrogen (secondary N) is 1. The molecule has 0 saturated carbocycles. The van der Waals surface area contributed by atoms with Gasteiger partial charge in [-0.25, -0.2) is 12.8 Å². The third-order valence-corrected chi connectivity index (χ3v) is 5.52. The summed E-state index contributed by atoms with van der Waals surface area (Å²) in [6, 6.07) is 13.1. The van der Waals surface area contributed by atoms with Crippen molar-refractivity contribution in [3.63, 3.8) is 0 Å². The van der Waals surface area contributed by atoms with E-state index in [2.05, 4.69) is 5.32 Å². The van der Waals surface area contributed by atoms with E-state index in [1.54, 1.807) is 24.3 Å². The molecule has 10 heteroatoms. The van der Waals surface area contributed by atoms with Crippen molar-refractivity contribution in [2.75, 3.05) is 11.6 Å². The highest BCUT2D eigenvalue weighted by Crippen LogP contribution is 2.31. The number of nitro benzene ring substituents is 1. The molecule has 0 aliphatic heterocycles. The van der Waals surface area contributed by atoms with Crippen LogP contribution in [0.5, 0.6) is 0 Å². The molecule has 0 atom stereocenters. The molecule has 154 valence electrons. The first-order valence-electron chi connectivity index (χ1n) is 8.41. The Morgan fingerprint density at radius 2 is 1.73 bits per heavy atom. The minimum Gasteiger partial charge on any atom is -0.321 e. The van der Waals surface area contributed by atoms with E-state index in [1.807, 2.05) is 0 Å². The second-order valence-electron chi connectivity index (χ2n) is 6.40. The smallest absolute Gasteiger partial charge is 0.271 e. The summed E-state index contributed by atoms with van der Waals surface area (Å²) in [6.45, 7) is 0. The van der Waals surface area contributed by atoms with Gasteiger partial charge in [0.05, 0.1) is 9.82 Å². The molecule has 0 spiro atoms. The van der Waals surface area contributed by atoms with E-state index >= 15 is 0 Å². The highest BCUT2D eigenvalue weighted by atomic mass is 35.5. The Morgan fingerprint density at radius 1 is 1.07 bits per heavy atom. The Balaban J connectivity index is 2.04. The van der Waals surface area contributed by atoms with Gasteiger partial charge in [-0.1, -0.05) is 23.7 Å². The zero-order chi connectivity index (χ0) is 22.1. The average Bonchev–Trinajstić information content (AvgIpc) is 2.69. The number of anilines is 1. The van der Waals surface area contributed by atoms with Crippen LogP contribution in [0.15, 0.2) is 65.6 Å². The first-order valence-corrected chi connectivity index (χ1v) is 10.7. The third-order valence-electron chi connectivity index (χ3n) is 4.18. The zero-order valence-electron chi connectivity index (χ0n) is 15.4. The molecular formula is C20H14ClFN2O5S. The van der Waals surface area contributed by atoms with Gasteiger partial charge in [-0.05, 0) is 42.0 Å². The van der Waals surface area contributed by atoms with Gasteiger partial charge in [0.25, 0.3) is 11.6 Å². The molecule has 0 radical (unpaired) electrons. The van der Waals surface area contributed by atoms with Crippen LogP contribution in [0.1, 0.15) is 10.4 Å². The number of hydrogen-bond acceptors (Lipinski definition) is 5. The average molecular weight is 449 g/mol. The number of non-ortho nitro benzene ring substituents is 1. The van der Waals surface area contributed by atoms with Crippen LogP contribution in [0.2, 0.25) is 5.02 Å². The van der Waals surface area contributed by atoms with Crippen LogP contribution in [0.4, 0.5) is 15.8 Å². The number of carbonyl (C=O) groups is 1. The summed E-state index contributed by atoms with van der Waals surface area (Å²) < 4.78 is 37.5. The molecule has 1 N–H and O–H groups in total. The second kappa shape index (κ2) is 8.21. The van der Waals surface area contributed by atoms with Gasteiger partial charge < -0.3 is 5.32 Å². The summed E-state index contributed by atoms with van der Waals surface area (Å²) in [5, 5.41) is 14.2. The maximum Gasteiger partial charge on any atom is 0.271 e. The minimum atomic E-state index is -3.80. The van der Waals surface area contributed by atoms with E-state index < -0.39 is 32.2 Å². The van der Waals surface area contributed by atoms with Gasteiger partial charge in [0.1, 0.15) is 5.82 Å². The van der Waals surface area contributed by atoms with Crippen molar-refractivity contribution in [3.8, 4) is 11.1 Å². The van der Waals surface area contributed by atoms with Gasteiger partial charge in [0.2, 0.25) is 0 Å². The molecule has 3 rings (SSSR count). The largest absolute Gasteiger partial charge is 0.321 e. The predicted octanol–water partition coefficient (Wildman–Crippen LogP) is 4.71. The maximum absolute atomic E-state index is 13.8. The van der Waals surface area contributed by atoms with Crippen molar-refractivity contribution in [3.05, 3.63) is 87.2 Å². The molecule has 0 aromatic heterocycles. The summed E-state index contributed by atoms with van der Waals surface area (Å²) in [7, 11) is -3.80. The van der Waals surface area contributed by atoms with Crippen LogP contribution < -0.4 is 5.32 Å². The Hall–Kier alpha value is -3.30. The van der Waals surface area contributed by atoms with E-state index in [9.17, 15) is 27.7 Å². The fourth-order valence-electron chi connectivity index (χ4n) is 2.72. The number of hydrogen-bond donors (Lipinski definition) is 1. The number of nitro groups is 1. The quantitative estimate of drug-likeness (QED) is 0.449. The molecule has 0 fully saturated rings. The van der Waals surface area contributed by atoms with Crippen LogP contribution in [0.25, 0.3) is 11.1 Å². The highest BCUT2D eigenvalue weighted by Gasteiger charge is 2.20. The fourth-order valence-corrected chi connectivity index (χ4v) is 3.52. The van der Waals surface area contributed by atoms with Crippen LogP contribution in [0, 0.1) is 15.9 Å². The van der Waals surface area contributed by atoms with Gasteiger partial charge in [0.15, 0.2) is 9.84 Å². The summed E-state index contributed by atoms with van der Waals surface area (Å²) in [6.07, 6.45) is 0.881. The number of amides is 1. The molecule has 0 saturated heterocycles. The van der Waals surface area contributed by atoms with Crippen LogP contribution in [0.3, 0.4) is 0 Å². The molecule has 1 amide bonds. The fraction of sp³-hybridized carbons (Fsp3) is 0.0500. The molecule has 0 aliphatic carbocycles. The van der Waals surface area contributed by atoms with E-state index in [-0.39, 0.29) is 16.1 Å². The third kappa shape index (κ3) is 4.81. The number of benzene rings is 3. The molecular weight excluding hydrogens is 435 g/mol. The van der Waals surface area contributed by atoms with Crippen molar-refractivity contribution in [1.29, 1.82) is 0 Å². The van der Waals surface area contributed by atoms with Crippen molar-refractivity contribution in [1.82, 2.24) is 0 Å². The Bertz CT molecular complexity index is 1260. The SMILES string of the molecule is CS(=O)(=O)c1cc(C(=O)Nc2ccc(F)cc2-c2ccc(Cl)cc2)cc([N+](=O)[O-])c1. The molecule has 0 unspecified atom stereocenters. The lowest BCUT2D eigenvalue weighted by molar-refractivity contribution is -0.385. The molecule has 7 nitrogen and oxygen atoms in total. The first kappa shape index (κ1) is 21.4. The van der Waals surface area contributed by atoms with E-state index in [1.165, 1.54) is 12.1 Å². The lowest BCUT2D eigenvalue weighted by atomic mass is 10.0. The predicted molar refractivity (Wildman–Crippen MR) is 111 cm³/mol. The zero-order valence-corrected chi connectivity index (χ0v) is 17.0. The van der Waals surface area contributed by atoms with Gasteiger partial charge in [-0.15, -0.1) is 0 Å². The van der Waals surface area contributed by atoms with Gasteiger partial charge >= 0.3 is 0 Å². The molecule has 0 aliphatic rings. The number of halogens is 2. The lowest BCUT2D eigenvalue weighted by Gasteiger charge is -2.12. The monoisotopic (exact) mass is 448 g/mol. The molecule has 3 aromatic rings. The molecule has 0 heterocycles. The van der Waals surface area contributed by atoms with Crippen LogP contribution in [-0.4, -0.2) is 25.5 Å². The van der Waals surface area contributed by atoms with E-state index in [0.29, 0.717) is 16.1 Å². The molecule has 30 heavy (non-hydrogen) atoms.